The molecule has 4 nitrogen and oxygen atoms in total. The average molecular weight is 342 g/mol. The van der Waals surface area contributed by atoms with Crippen molar-refractivity contribution < 1.29 is 12.8 Å². The molecule has 1 aliphatic rings. The smallest absolute Gasteiger partial charge is 0.214 e. The molecule has 0 aromatic heterocycles. The lowest BCUT2D eigenvalue weighted by Crippen LogP contribution is -2.46. The molecule has 130 valence electrons. The summed E-state index contributed by atoms with van der Waals surface area (Å²) in [7, 11) is -3.12. The van der Waals surface area contributed by atoms with Crippen LogP contribution in [-0.4, -0.2) is 44.2 Å². The lowest BCUT2D eigenvalue weighted by molar-refractivity contribution is 0.289. The number of benzene rings is 1. The second-order valence-electron chi connectivity index (χ2n) is 6.64. The molecule has 1 aromatic rings. The van der Waals surface area contributed by atoms with Crippen molar-refractivity contribution in [3.05, 3.63) is 35.6 Å². The number of hydrogen-bond donors (Lipinski definition) is 1. The Labute approximate surface area is 139 Å². The molecule has 1 aromatic carbocycles. The first-order valence-corrected chi connectivity index (χ1v) is 9.94. The summed E-state index contributed by atoms with van der Waals surface area (Å²) in [5.74, 6) is 0.207. The fraction of sp³-hybridized carbons (Fsp3) is 0.647. The number of nitrogens with zero attached hydrogens (tertiary/aromatic N) is 1. The average Bonchev–Trinajstić information content (AvgIpc) is 2.48. The largest absolute Gasteiger partial charge is 0.314 e. The predicted octanol–water partition coefficient (Wildman–Crippen LogP) is 2.41. The van der Waals surface area contributed by atoms with Gasteiger partial charge < -0.3 is 5.32 Å². The lowest BCUT2D eigenvalue weighted by Gasteiger charge is -2.32. The number of halogens is 1. The van der Waals surface area contributed by atoms with Gasteiger partial charge in [0.2, 0.25) is 10.0 Å². The highest BCUT2D eigenvalue weighted by molar-refractivity contribution is 7.89. The van der Waals surface area contributed by atoms with Crippen LogP contribution in [0.15, 0.2) is 24.3 Å². The first-order valence-electron chi connectivity index (χ1n) is 8.33. The third-order valence-electron chi connectivity index (χ3n) is 4.18. The van der Waals surface area contributed by atoms with Crippen LogP contribution in [0.3, 0.4) is 0 Å². The summed E-state index contributed by atoms with van der Waals surface area (Å²) in [5.41, 5.74) is 0.719. The first kappa shape index (κ1) is 18.4. The van der Waals surface area contributed by atoms with Crippen LogP contribution in [0.4, 0.5) is 4.39 Å². The molecule has 1 fully saturated rings. The van der Waals surface area contributed by atoms with E-state index < -0.39 is 10.0 Å². The Hall–Kier alpha value is -0.980. The zero-order valence-corrected chi connectivity index (χ0v) is 14.8. The van der Waals surface area contributed by atoms with Gasteiger partial charge in [-0.2, -0.15) is 0 Å². The van der Waals surface area contributed by atoms with Crippen LogP contribution in [0.5, 0.6) is 0 Å². The Morgan fingerprint density at radius 3 is 2.52 bits per heavy atom. The standard InChI is InChI=1S/C17H27FN2O2S/c1-14(2)13-23(21,22)20-11-8-16(9-12-20)19-10-7-15-5-3-4-6-17(15)18/h3-6,14,16,19H,7-13H2,1-2H3. The van der Waals surface area contributed by atoms with Gasteiger partial charge >= 0.3 is 0 Å². The van der Waals surface area contributed by atoms with E-state index in [9.17, 15) is 12.8 Å². The fourth-order valence-corrected chi connectivity index (χ4v) is 4.80. The van der Waals surface area contributed by atoms with E-state index in [4.69, 9.17) is 0 Å². The molecule has 0 saturated carbocycles. The summed E-state index contributed by atoms with van der Waals surface area (Å²) >= 11 is 0. The first-order chi connectivity index (χ1) is 10.9. The van der Waals surface area contributed by atoms with Crippen LogP contribution in [0, 0.1) is 11.7 Å². The molecule has 1 heterocycles. The van der Waals surface area contributed by atoms with Crippen LogP contribution in [-0.2, 0) is 16.4 Å². The van der Waals surface area contributed by atoms with E-state index in [0.29, 0.717) is 32.1 Å². The summed E-state index contributed by atoms with van der Waals surface area (Å²) < 4.78 is 39.6. The van der Waals surface area contributed by atoms with E-state index in [0.717, 1.165) is 18.4 Å². The maximum absolute atomic E-state index is 13.5. The highest BCUT2D eigenvalue weighted by Gasteiger charge is 2.28. The molecule has 0 aliphatic carbocycles. The molecule has 1 saturated heterocycles. The third kappa shape index (κ3) is 5.55. The molecule has 0 atom stereocenters. The van der Waals surface area contributed by atoms with E-state index in [1.807, 2.05) is 19.9 Å². The van der Waals surface area contributed by atoms with Crippen LogP contribution < -0.4 is 5.32 Å². The van der Waals surface area contributed by atoms with E-state index in [2.05, 4.69) is 5.32 Å². The van der Waals surface area contributed by atoms with E-state index >= 15 is 0 Å². The minimum atomic E-state index is -3.12. The molecule has 0 bridgehead atoms. The van der Waals surface area contributed by atoms with Crippen molar-refractivity contribution in [2.75, 3.05) is 25.4 Å². The number of piperidine rings is 1. The Morgan fingerprint density at radius 2 is 1.91 bits per heavy atom. The number of sulfonamides is 1. The normalized spacial score (nSPS) is 17.7. The number of hydrogen-bond acceptors (Lipinski definition) is 3. The SMILES string of the molecule is CC(C)CS(=O)(=O)N1CCC(NCCc2ccccc2F)CC1. The van der Waals surface area contributed by atoms with Crippen molar-refractivity contribution >= 4 is 10.0 Å². The van der Waals surface area contributed by atoms with Gasteiger partial charge in [0.25, 0.3) is 0 Å². The van der Waals surface area contributed by atoms with Gasteiger partial charge in [-0.05, 0) is 43.4 Å². The molecule has 0 spiro atoms. The summed E-state index contributed by atoms with van der Waals surface area (Å²) in [5, 5.41) is 3.42. The van der Waals surface area contributed by atoms with Gasteiger partial charge in [0.1, 0.15) is 5.82 Å². The number of nitrogens with one attached hydrogen (secondary N) is 1. The van der Waals surface area contributed by atoms with Gasteiger partial charge in [-0.1, -0.05) is 32.0 Å². The Balaban J connectivity index is 1.74. The third-order valence-corrected chi connectivity index (χ3v) is 6.42. The van der Waals surface area contributed by atoms with Crippen molar-refractivity contribution in [2.24, 2.45) is 5.92 Å². The molecule has 1 N–H and O–H groups in total. The van der Waals surface area contributed by atoms with Crippen molar-refractivity contribution in [2.45, 2.75) is 39.2 Å². The molecule has 0 amide bonds. The van der Waals surface area contributed by atoms with Gasteiger partial charge in [0.05, 0.1) is 5.75 Å². The van der Waals surface area contributed by atoms with Gasteiger partial charge in [-0.25, -0.2) is 17.1 Å². The van der Waals surface area contributed by atoms with Gasteiger partial charge in [0, 0.05) is 19.1 Å². The van der Waals surface area contributed by atoms with Crippen LogP contribution in [0.25, 0.3) is 0 Å². The van der Waals surface area contributed by atoms with E-state index in [-0.39, 0.29) is 17.5 Å². The zero-order valence-electron chi connectivity index (χ0n) is 14.0. The molecular formula is C17H27FN2O2S. The molecule has 1 aliphatic heterocycles. The summed E-state index contributed by atoms with van der Waals surface area (Å²) in [4.78, 5) is 0. The molecule has 0 radical (unpaired) electrons. The quantitative estimate of drug-likeness (QED) is 0.828. The monoisotopic (exact) mass is 342 g/mol. The Kier molecular flexibility index (Phi) is 6.56. The second-order valence-corrected chi connectivity index (χ2v) is 8.65. The van der Waals surface area contributed by atoms with Crippen molar-refractivity contribution in [1.29, 1.82) is 0 Å². The highest BCUT2D eigenvalue weighted by Crippen LogP contribution is 2.16. The zero-order chi connectivity index (χ0) is 16.9. The van der Waals surface area contributed by atoms with Gasteiger partial charge in [-0.15, -0.1) is 0 Å². The second kappa shape index (κ2) is 8.22. The fourth-order valence-electron chi connectivity index (χ4n) is 2.98. The predicted molar refractivity (Wildman–Crippen MR) is 91.3 cm³/mol. The molecule has 0 unspecified atom stereocenters. The van der Waals surface area contributed by atoms with Crippen molar-refractivity contribution in [3.63, 3.8) is 0 Å². The summed E-state index contributed by atoms with van der Waals surface area (Å²) in [6.07, 6.45) is 2.28. The minimum absolute atomic E-state index is 0.150. The molecule has 6 heteroatoms. The van der Waals surface area contributed by atoms with Crippen molar-refractivity contribution in [3.8, 4) is 0 Å². The highest BCUT2D eigenvalue weighted by atomic mass is 32.2. The number of rotatable bonds is 7. The summed E-state index contributed by atoms with van der Waals surface area (Å²) in [6.45, 7) is 5.71. The maximum Gasteiger partial charge on any atom is 0.214 e. The minimum Gasteiger partial charge on any atom is -0.314 e. The lowest BCUT2D eigenvalue weighted by atomic mass is 10.1. The topological polar surface area (TPSA) is 49.4 Å². The van der Waals surface area contributed by atoms with Crippen LogP contribution in [0.2, 0.25) is 0 Å². The molecule has 23 heavy (non-hydrogen) atoms. The van der Waals surface area contributed by atoms with Crippen LogP contribution >= 0.6 is 0 Å². The van der Waals surface area contributed by atoms with Crippen LogP contribution in [0.1, 0.15) is 32.3 Å². The molecule has 2 rings (SSSR count). The van der Waals surface area contributed by atoms with E-state index in [1.165, 1.54) is 6.07 Å². The van der Waals surface area contributed by atoms with Gasteiger partial charge in [0.15, 0.2) is 0 Å². The maximum atomic E-state index is 13.5. The Morgan fingerprint density at radius 1 is 1.26 bits per heavy atom. The van der Waals surface area contributed by atoms with E-state index in [1.54, 1.807) is 16.4 Å². The molecular weight excluding hydrogens is 315 g/mol. The van der Waals surface area contributed by atoms with Crippen molar-refractivity contribution in [1.82, 2.24) is 9.62 Å². The Bertz CT molecular complexity index is 596. The van der Waals surface area contributed by atoms with Gasteiger partial charge in [-0.3, -0.25) is 0 Å². The summed E-state index contributed by atoms with van der Waals surface area (Å²) in [6, 6.07) is 7.13.